The van der Waals surface area contributed by atoms with Crippen LogP contribution in [-0.4, -0.2) is 16.0 Å². The van der Waals surface area contributed by atoms with E-state index in [0.29, 0.717) is 5.56 Å². The third-order valence-corrected chi connectivity index (χ3v) is 3.68. The van der Waals surface area contributed by atoms with Gasteiger partial charge in [-0.25, -0.2) is 0 Å². The molecule has 3 aromatic carbocycles. The normalized spacial score (nSPS) is 10.8. The highest BCUT2D eigenvalue weighted by molar-refractivity contribution is 5.88. The Hall–Kier alpha value is -2.81. The van der Waals surface area contributed by atoms with Crippen LogP contribution in [0.1, 0.15) is 12.5 Å². The first kappa shape index (κ1) is 14.1. The molecular formula is C19H16O3. The number of rotatable bonds is 3. The number of aromatic hydroxyl groups is 2. The van der Waals surface area contributed by atoms with E-state index in [1.165, 1.54) is 6.92 Å². The lowest BCUT2D eigenvalue weighted by Crippen LogP contribution is -1.96. The van der Waals surface area contributed by atoms with E-state index in [1.54, 1.807) is 24.3 Å². The summed E-state index contributed by atoms with van der Waals surface area (Å²) in [6.07, 6.45) is 0.239. The summed E-state index contributed by atoms with van der Waals surface area (Å²) < 4.78 is 0. The fraction of sp³-hybridized carbons (Fsp3) is 0.105. The summed E-state index contributed by atoms with van der Waals surface area (Å²) in [7, 11) is 0. The molecular weight excluding hydrogens is 276 g/mol. The van der Waals surface area contributed by atoms with Gasteiger partial charge < -0.3 is 10.2 Å². The smallest absolute Gasteiger partial charge is 0.134 e. The molecule has 0 heterocycles. The number of hydrogen-bond donors (Lipinski definition) is 2. The van der Waals surface area contributed by atoms with Gasteiger partial charge in [-0.2, -0.15) is 0 Å². The molecule has 3 heteroatoms. The lowest BCUT2D eigenvalue weighted by Gasteiger charge is -2.08. The number of ketones is 1. The second kappa shape index (κ2) is 5.53. The topological polar surface area (TPSA) is 57.5 Å². The molecule has 0 saturated carbocycles. The van der Waals surface area contributed by atoms with E-state index in [4.69, 9.17) is 0 Å². The second-order valence-electron chi connectivity index (χ2n) is 5.47. The molecule has 0 spiro atoms. The number of carbonyl (C=O) groups excluding carboxylic acids is 1. The minimum atomic E-state index is 0.0218. The Morgan fingerprint density at radius 1 is 0.864 bits per heavy atom. The fourth-order valence-electron chi connectivity index (χ4n) is 2.57. The lowest BCUT2D eigenvalue weighted by molar-refractivity contribution is -0.116. The number of carbonyl (C=O) groups is 1. The summed E-state index contributed by atoms with van der Waals surface area (Å²) in [5.41, 5.74) is 2.50. The van der Waals surface area contributed by atoms with Crippen LogP contribution in [0.4, 0.5) is 0 Å². The largest absolute Gasteiger partial charge is 0.508 e. The number of fused-ring (bicyclic) bond motifs is 1. The Bertz CT molecular complexity index is 866. The molecule has 0 aliphatic heterocycles. The van der Waals surface area contributed by atoms with Crippen molar-refractivity contribution in [2.24, 2.45) is 0 Å². The molecule has 2 N–H and O–H groups in total. The van der Waals surface area contributed by atoms with E-state index in [1.807, 2.05) is 30.3 Å². The molecule has 22 heavy (non-hydrogen) atoms. The van der Waals surface area contributed by atoms with Crippen LogP contribution in [0.25, 0.3) is 21.9 Å². The van der Waals surface area contributed by atoms with E-state index in [0.717, 1.165) is 21.9 Å². The summed E-state index contributed by atoms with van der Waals surface area (Å²) in [5, 5.41) is 21.5. The van der Waals surface area contributed by atoms with Gasteiger partial charge in [-0.05, 0) is 53.1 Å². The first-order valence-electron chi connectivity index (χ1n) is 7.07. The van der Waals surface area contributed by atoms with Crippen LogP contribution in [0.3, 0.4) is 0 Å². The fourth-order valence-corrected chi connectivity index (χ4v) is 2.57. The zero-order valence-electron chi connectivity index (χ0n) is 12.2. The highest BCUT2D eigenvalue weighted by Gasteiger charge is 2.07. The van der Waals surface area contributed by atoms with E-state index in [-0.39, 0.29) is 23.7 Å². The quantitative estimate of drug-likeness (QED) is 0.765. The monoisotopic (exact) mass is 292 g/mol. The number of Topliss-reactive ketones (excluding diaryl/α,β-unsaturated/α-hetero) is 1. The summed E-state index contributed by atoms with van der Waals surface area (Å²) in [5.74, 6) is 0.401. The third kappa shape index (κ3) is 2.79. The van der Waals surface area contributed by atoms with Crippen molar-refractivity contribution < 1.29 is 15.0 Å². The maximum Gasteiger partial charge on any atom is 0.134 e. The molecule has 0 bridgehead atoms. The van der Waals surface area contributed by atoms with E-state index < -0.39 is 0 Å². The van der Waals surface area contributed by atoms with Crippen LogP contribution in [0.2, 0.25) is 0 Å². The van der Waals surface area contributed by atoms with Crippen molar-refractivity contribution in [3.63, 3.8) is 0 Å². The Morgan fingerprint density at radius 2 is 1.50 bits per heavy atom. The molecule has 3 rings (SSSR count). The summed E-state index contributed by atoms with van der Waals surface area (Å²) in [6, 6.07) is 16.5. The molecule has 0 atom stereocenters. The maximum atomic E-state index is 11.2. The zero-order valence-corrected chi connectivity index (χ0v) is 12.2. The van der Waals surface area contributed by atoms with Crippen LogP contribution in [-0.2, 0) is 11.2 Å². The number of benzene rings is 3. The summed E-state index contributed by atoms with van der Waals surface area (Å²) >= 11 is 0. The number of phenols is 2. The van der Waals surface area contributed by atoms with Gasteiger partial charge >= 0.3 is 0 Å². The molecule has 3 nitrogen and oxygen atoms in total. The van der Waals surface area contributed by atoms with Crippen LogP contribution in [0, 0.1) is 0 Å². The van der Waals surface area contributed by atoms with Gasteiger partial charge in [-0.15, -0.1) is 0 Å². The summed E-state index contributed by atoms with van der Waals surface area (Å²) in [4.78, 5) is 11.2. The zero-order chi connectivity index (χ0) is 15.7. The van der Waals surface area contributed by atoms with Crippen LogP contribution < -0.4 is 0 Å². The second-order valence-corrected chi connectivity index (χ2v) is 5.47. The molecule has 110 valence electrons. The van der Waals surface area contributed by atoms with Crippen molar-refractivity contribution in [1.29, 1.82) is 0 Å². The standard InChI is InChI=1S/C19H16O3/c1-12(20)8-17-5-4-16(11-19(17)22)13-2-3-15-10-18(21)7-6-14(15)9-13/h2-7,9-11,21-22H,8H2,1H3. The molecule has 0 aromatic heterocycles. The van der Waals surface area contributed by atoms with Gasteiger partial charge in [-0.3, -0.25) is 4.79 Å². The van der Waals surface area contributed by atoms with Gasteiger partial charge in [-0.1, -0.05) is 30.3 Å². The predicted molar refractivity (Wildman–Crippen MR) is 87.1 cm³/mol. The molecule has 0 aliphatic carbocycles. The van der Waals surface area contributed by atoms with E-state index in [9.17, 15) is 15.0 Å². The summed E-state index contributed by atoms with van der Waals surface area (Å²) in [6.45, 7) is 1.51. The maximum absolute atomic E-state index is 11.2. The van der Waals surface area contributed by atoms with Crippen LogP contribution >= 0.6 is 0 Å². The average molecular weight is 292 g/mol. The Morgan fingerprint density at radius 3 is 2.23 bits per heavy atom. The lowest BCUT2D eigenvalue weighted by atomic mass is 9.98. The minimum absolute atomic E-state index is 0.0218. The highest BCUT2D eigenvalue weighted by Crippen LogP contribution is 2.30. The minimum Gasteiger partial charge on any atom is -0.508 e. The Kier molecular flexibility index (Phi) is 3.55. The molecule has 3 aromatic rings. The highest BCUT2D eigenvalue weighted by atomic mass is 16.3. The van der Waals surface area contributed by atoms with Crippen molar-refractivity contribution >= 4 is 16.6 Å². The Balaban J connectivity index is 2.02. The van der Waals surface area contributed by atoms with Gasteiger partial charge in [0.2, 0.25) is 0 Å². The van der Waals surface area contributed by atoms with Crippen molar-refractivity contribution in [1.82, 2.24) is 0 Å². The van der Waals surface area contributed by atoms with Crippen molar-refractivity contribution in [2.45, 2.75) is 13.3 Å². The molecule has 0 amide bonds. The first-order valence-corrected chi connectivity index (χ1v) is 7.07. The van der Waals surface area contributed by atoms with E-state index >= 15 is 0 Å². The van der Waals surface area contributed by atoms with Crippen molar-refractivity contribution in [2.75, 3.05) is 0 Å². The first-order chi connectivity index (χ1) is 10.5. The van der Waals surface area contributed by atoms with Gasteiger partial charge in [0, 0.05) is 12.0 Å². The van der Waals surface area contributed by atoms with Gasteiger partial charge in [0.1, 0.15) is 17.3 Å². The Labute approximate surface area is 128 Å². The molecule has 0 aliphatic rings. The van der Waals surface area contributed by atoms with Gasteiger partial charge in [0.15, 0.2) is 0 Å². The van der Waals surface area contributed by atoms with Gasteiger partial charge in [0.25, 0.3) is 0 Å². The van der Waals surface area contributed by atoms with Crippen LogP contribution in [0.5, 0.6) is 11.5 Å². The van der Waals surface area contributed by atoms with Crippen molar-refractivity contribution in [3.8, 4) is 22.6 Å². The SMILES string of the molecule is CC(=O)Cc1ccc(-c2ccc3cc(O)ccc3c2)cc1O. The third-order valence-electron chi connectivity index (χ3n) is 3.68. The number of hydrogen-bond acceptors (Lipinski definition) is 3. The molecule has 0 unspecified atom stereocenters. The van der Waals surface area contributed by atoms with Gasteiger partial charge in [0.05, 0.1) is 0 Å². The molecule has 0 fully saturated rings. The van der Waals surface area contributed by atoms with Crippen LogP contribution in [0.15, 0.2) is 54.6 Å². The molecule has 0 saturated heterocycles. The molecule has 0 radical (unpaired) electrons. The number of phenolic OH excluding ortho intramolecular Hbond substituents is 2. The van der Waals surface area contributed by atoms with Crippen molar-refractivity contribution in [3.05, 3.63) is 60.2 Å². The average Bonchev–Trinajstić information content (AvgIpc) is 2.48. The predicted octanol–water partition coefficient (Wildman–Crippen LogP) is 4.05. The van der Waals surface area contributed by atoms with E-state index in [2.05, 4.69) is 0 Å².